The van der Waals surface area contributed by atoms with Crippen LogP contribution in [0.15, 0.2) is 24.3 Å². The second-order valence-electron chi connectivity index (χ2n) is 5.72. The van der Waals surface area contributed by atoms with Gasteiger partial charge < -0.3 is 5.73 Å². The number of hydrogen-bond donors (Lipinski definition) is 1. The van der Waals surface area contributed by atoms with Crippen molar-refractivity contribution in [3.05, 3.63) is 69.3 Å². The SMILES string of the molecule is Cc1cc(C)c(C)c(C(N)Cc2ccc(F)cc2F)c1C. The average Bonchev–Trinajstić information content (AvgIpc) is 2.40. The molecular formula is C18H21F2N. The molecule has 0 saturated heterocycles. The Labute approximate surface area is 124 Å². The molecule has 1 atom stereocenters. The molecule has 1 nitrogen and oxygen atoms in total. The van der Waals surface area contributed by atoms with Crippen LogP contribution >= 0.6 is 0 Å². The van der Waals surface area contributed by atoms with Gasteiger partial charge in [-0.15, -0.1) is 0 Å². The molecule has 0 fully saturated rings. The normalized spacial score (nSPS) is 12.5. The van der Waals surface area contributed by atoms with E-state index in [1.54, 1.807) is 0 Å². The van der Waals surface area contributed by atoms with Gasteiger partial charge in [0.05, 0.1) is 0 Å². The first-order chi connectivity index (χ1) is 9.81. The summed E-state index contributed by atoms with van der Waals surface area (Å²) in [5.41, 5.74) is 12.5. The highest BCUT2D eigenvalue weighted by atomic mass is 19.1. The van der Waals surface area contributed by atoms with E-state index in [-0.39, 0.29) is 6.04 Å². The molecule has 0 amide bonds. The Bertz CT molecular complexity index is 651. The first-order valence-corrected chi connectivity index (χ1v) is 7.08. The van der Waals surface area contributed by atoms with Crippen molar-refractivity contribution in [1.82, 2.24) is 0 Å². The molecule has 0 heterocycles. The van der Waals surface area contributed by atoms with Gasteiger partial charge in [0.15, 0.2) is 0 Å². The minimum atomic E-state index is -0.566. The lowest BCUT2D eigenvalue weighted by molar-refractivity contribution is 0.562. The smallest absolute Gasteiger partial charge is 0.129 e. The van der Waals surface area contributed by atoms with Crippen molar-refractivity contribution < 1.29 is 8.78 Å². The molecule has 0 spiro atoms. The molecular weight excluding hydrogens is 268 g/mol. The minimum absolute atomic E-state index is 0.302. The van der Waals surface area contributed by atoms with Gasteiger partial charge in [0.1, 0.15) is 11.6 Å². The molecule has 0 radical (unpaired) electrons. The van der Waals surface area contributed by atoms with Crippen LogP contribution in [0.3, 0.4) is 0 Å². The summed E-state index contributed by atoms with van der Waals surface area (Å²) in [6.07, 6.45) is 0.358. The summed E-state index contributed by atoms with van der Waals surface area (Å²) in [5.74, 6) is -1.10. The first-order valence-electron chi connectivity index (χ1n) is 7.08. The zero-order valence-electron chi connectivity index (χ0n) is 12.9. The summed E-state index contributed by atoms with van der Waals surface area (Å²) in [6, 6.07) is 5.48. The van der Waals surface area contributed by atoms with Crippen LogP contribution < -0.4 is 5.73 Å². The summed E-state index contributed by atoms with van der Waals surface area (Å²) in [5, 5.41) is 0. The molecule has 0 saturated carbocycles. The molecule has 0 aliphatic heterocycles. The van der Waals surface area contributed by atoms with Crippen LogP contribution in [0.5, 0.6) is 0 Å². The maximum absolute atomic E-state index is 13.8. The topological polar surface area (TPSA) is 26.0 Å². The van der Waals surface area contributed by atoms with Crippen LogP contribution in [-0.4, -0.2) is 0 Å². The van der Waals surface area contributed by atoms with Crippen molar-refractivity contribution in [2.45, 2.75) is 40.2 Å². The lowest BCUT2D eigenvalue weighted by atomic mass is 9.87. The summed E-state index contributed by atoms with van der Waals surface area (Å²) in [6.45, 7) is 8.18. The molecule has 2 aromatic rings. The van der Waals surface area contributed by atoms with Crippen molar-refractivity contribution in [2.24, 2.45) is 5.73 Å². The van der Waals surface area contributed by atoms with E-state index in [2.05, 4.69) is 19.9 Å². The lowest BCUT2D eigenvalue weighted by Gasteiger charge is -2.21. The number of benzene rings is 2. The number of halogens is 2. The molecule has 2 rings (SSSR count). The maximum atomic E-state index is 13.8. The highest BCUT2D eigenvalue weighted by Crippen LogP contribution is 2.28. The summed E-state index contributed by atoms with van der Waals surface area (Å²) in [7, 11) is 0. The van der Waals surface area contributed by atoms with E-state index in [1.807, 2.05) is 13.8 Å². The Morgan fingerprint density at radius 3 is 2.05 bits per heavy atom. The third-order valence-corrected chi connectivity index (χ3v) is 4.25. The fourth-order valence-corrected chi connectivity index (χ4v) is 2.83. The Balaban J connectivity index is 2.39. The largest absolute Gasteiger partial charge is 0.324 e. The van der Waals surface area contributed by atoms with Crippen molar-refractivity contribution in [3.8, 4) is 0 Å². The van der Waals surface area contributed by atoms with E-state index in [1.165, 1.54) is 23.3 Å². The van der Waals surface area contributed by atoms with Crippen LogP contribution in [0.1, 0.15) is 39.4 Å². The van der Waals surface area contributed by atoms with E-state index in [9.17, 15) is 8.78 Å². The quantitative estimate of drug-likeness (QED) is 0.888. The van der Waals surface area contributed by atoms with Crippen LogP contribution in [0, 0.1) is 39.3 Å². The first kappa shape index (κ1) is 15.6. The van der Waals surface area contributed by atoms with Gasteiger partial charge in [-0.1, -0.05) is 12.1 Å². The second kappa shape index (κ2) is 5.94. The second-order valence-corrected chi connectivity index (χ2v) is 5.72. The Morgan fingerprint density at radius 2 is 1.52 bits per heavy atom. The highest BCUT2D eigenvalue weighted by Gasteiger charge is 2.17. The van der Waals surface area contributed by atoms with E-state index in [0.29, 0.717) is 12.0 Å². The highest BCUT2D eigenvalue weighted by molar-refractivity contribution is 5.46. The molecule has 0 aliphatic carbocycles. The molecule has 1 unspecified atom stereocenters. The molecule has 21 heavy (non-hydrogen) atoms. The lowest BCUT2D eigenvalue weighted by Crippen LogP contribution is -2.18. The van der Waals surface area contributed by atoms with Crippen molar-refractivity contribution in [2.75, 3.05) is 0 Å². The Hall–Kier alpha value is -1.74. The zero-order valence-corrected chi connectivity index (χ0v) is 12.9. The van der Waals surface area contributed by atoms with Crippen LogP contribution in [0.2, 0.25) is 0 Å². The molecule has 0 aliphatic rings. The van der Waals surface area contributed by atoms with Crippen LogP contribution in [0.4, 0.5) is 8.78 Å². The molecule has 2 N–H and O–H groups in total. The van der Waals surface area contributed by atoms with Crippen LogP contribution in [-0.2, 0) is 6.42 Å². The van der Waals surface area contributed by atoms with Gasteiger partial charge in [-0.25, -0.2) is 8.78 Å². The van der Waals surface area contributed by atoms with Gasteiger partial charge in [-0.3, -0.25) is 0 Å². The van der Waals surface area contributed by atoms with Gasteiger partial charge >= 0.3 is 0 Å². The molecule has 0 aromatic heterocycles. The van der Waals surface area contributed by atoms with E-state index in [0.717, 1.165) is 22.8 Å². The molecule has 112 valence electrons. The van der Waals surface area contributed by atoms with Gasteiger partial charge in [0.25, 0.3) is 0 Å². The summed E-state index contributed by atoms with van der Waals surface area (Å²) in [4.78, 5) is 0. The van der Waals surface area contributed by atoms with E-state index < -0.39 is 11.6 Å². The molecule has 3 heteroatoms. The van der Waals surface area contributed by atoms with Crippen LogP contribution in [0.25, 0.3) is 0 Å². The maximum Gasteiger partial charge on any atom is 0.129 e. The van der Waals surface area contributed by atoms with Gasteiger partial charge in [-0.05, 0) is 73.6 Å². The van der Waals surface area contributed by atoms with Gasteiger partial charge in [-0.2, -0.15) is 0 Å². The third-order valence-electron chi connectivity index (χ3n) is 4.25. The predicted molar refractivity (Wildman–Crippen MR) is 82.4 cm³/mol. The number of nitrogens with two attached hydrogens (primary N) is 1. The monoisotopic (exact) mass is 289 g/mol. The number of aryl methyl sites for hydroxylation is 2. The Kier molecular flexibility index (Phi) is 4.43. The average molecular weight is 289 g/mol. The standard InChI is InChI=1S/C18H21F2N/c1-10-7-11(2)13(4)18(12(10)3)17(21)8-14-5-6-15(19)9-16(14)20/h5-7,9,17H,8,21H2,1-4H3. The van der Waals surface area contributed by atoms with Crippen molar-refractivity contribution in [3.63, 3.8) is 0 Å². The third kappa shape index (κ3) is 3.13. The number of hydrogen-bond acceptors (Lipinski definition) is 1. The van der Waals surface area contributed by atoms with E-state index in [4.69, 9.17) is 5.73 Å². The fourth-order valence-electron chi connectivity index (χ4n) is 2.83. The molecule has 0 bridgehead atoms. The van der Waals surface area contributed by atoms with Gasteiger partial charge in [0, 0.05) is 12.1 Å². The van der Waals surface area contributed by atoms with E-state index >= 15 is 0 Å². The Morgan fingerprint density at radius 1 is 0.952 bits per heavy atom. The fraction of sp³-hybridized carbons (Fsp3) is 0.333. The van der Waals surface area contributed by atoms with Gasteiger partial charge in [0.2, 0.25) is 0 Å². The minimum Gasteiger partial charge on any atom is -0.324 e. The van der Waals surface area contributed by atoms with Crippen molar-refractivity contribution in [1.29, 1.82) is 0 Å². The van der Waals surface area contributed by atoms with Crippen molar-refractivity contribution >= 4 is 0 Å². The predicted octanol–water partition coefficient (Wildman–Crippen LogP) is 4.44. The summed E-state index contributed by atoms with van der Waals surface area (Å²) < 4.78 is 26.8. The zero-order chi connectivity index (χ0) is 15.7. The molecule has 2 aromatic carbocycles. The number of rotatable bonds is 3. The summed E-state index contributed by atoms with van der Waals surface area (Å²) >= 11 is 0.